The standard InChI is InChI=1S/C27H38N2O3/c1-17-8-9-21(14-18(17)2)29-12-10-28(11-13-29)16-22-24-23(32-26(22)31)15-20-7-5-6-19(3)27(20,4)25(24)30/h7-9,14,19,22-25,30H,5-6,10-13,15-16H2,1-4H3/t19-,22-,23+,24+,25-,27+/m0/s1. The topological polar surface area (TPSA) is 53.0 Å². The van der Waals surface area contributed by atoms with Crippen molar-refractivity contribution in [2.24, 2.45) is 23.2 Å². The highest BCUT2D eigenvalue weighted by Gasteiger charge is 2.59. The highest BCUT2D eigenvalue weighted by Crippen LogP contribution is 2.56. The lowest BCUT2D eigenvalue weighted by molar-refractivity contribution is -0.145. The molecule has 0 bridgehead atoms. The van der Waals surface area contributed by atoms with E-state index in [4.69, 9.17) is 4.74 Å². The summed E-state index contributed by atoms with van der Waals surface area (Å²) in [6.45, 7) is 13.3. The van der Waals surface area contributed by atoms with Crippen LogP contribution in [0.2, 0.25) is 0 Å². The van der Waals surface area contributed by atoms with Crippen LogP contribution in [-0.2, 0) is 9.53 Å². The molecule has 3 fully saturated rings. The van der Waals surface area contributed by atoms with Crippen LogP contribution in [0.15, 0.2) is 29.8 Å². The Labute approximate surface area is 192 Å². The normalized spacial score (nSPS) is 37.5. The molecule has 5 heteroatoms. The third-order valence-electron chi connectivity index (χ3n) is 9.25. The van der Waals surface area contributed by atoms with Crippen molar-refractivity contribution in [3.8, 4) is 0 Å². The van der Waals surface area contributed by atoms with Crippen LogP contribution < -0.4 is 4.90 Å². The number of aryl methyl sites for hydroxylation is 2. The number of anilines is 1. The molecule has 1 N–H and O–H groups in total. The number of nitrogens with zero attached hydrogens (tertiary/aromatic N) is 2. The quantitative estimate of drug-likeness (QED) is 0.576. The molecule has 4 aliphatic rings. The molecule has 32 heavy (non-hydrogen) atoms. The molecule has 0 amide bonds. The summed E-state index contributed by atoms with van der Waals surface area (Å²) in [4.78, 5) is 17.8. The molecular weight excluding hydrogens is 400 g/mol. The molecule has 174 valence electrons. The van der Waals surface area contributed by atoms with Crippen molar-refractivity contribution in [3.05, 3.63) is 41.0 Å². The van der Waals surface area contributed by atoms with E-state index in [1.165, 1.54) is 22.4 Å². The zero-order chi connectivity index (χ0) is 22.6. The Hall–Kier alpha value is -1.85. The Kier molecular flexibility index (Phi) is 5.61. The fourth-order valence-electron chi connectivity index (χ4n) is 6.66. The van der Waals surface area contributed by atoms with Gasteiger partial charge in [0, 0.05) is 56.2 Å². The van der Waals surface area contributed by atoms with Gasteiger partial charge in [-0.25, -0.2) is 0 Å². The van der Waals surface area contributed by atoms with Gasteiger partial charge >= 0.3 is 5.97 Å². The van der Waals surface area contributed by atoms with Gasteiger partial charge in [0.25, 0.3) is 0 Å². The minimum Gasteiger partial charge on any atom is -0.461 e. The van der Waals surface area contributed by atoms with E-state index in [2.05, 4.69) is 61.8 Å². The molecule has 0 spiro atoms. The number of aliphatic hydroxyl groups is 1. The lowest BCUT2D eigenvalue weighted by Gasteiger charge is -2.52. The molecular formula is C27H38N2O3. The molecule has 2 heterocycles. The van der Waals surface area contributed by atoms with Gasteiger partial charge in [0.05, 0.1) is 12.0 Å². The number of carbonyl (C=O) groups is 1. The maximum absolute atomic E-state index is 12.9. The Morgan fingerprint density at radius 3 is 2.62 bits per heavy atom. The fourth-order valence-corrected chi connectivity index (χ4v) is 6.66. The van der Waals surface area contributed by atoms with Crippen LogP contribution in [0.4, 0.5) is 5.69 Å². The summed E-state index contributed by atoms with van der Waals surface area (Å²) in [5.74, 6) is 0.00102. The van der Waals surface area contributed by atoms with E-state index >= 15 is 0 Å². The molecule has 0 unspecified atom stereocenters. The average Bonchev–Trinajstić information content (AvgIpc) is 3.08. The summed E-state index contributed by atoms with van der Waals surface area (Å²) in [6.07, 6.45) is 4.59. The summed E-state index contributed by atoms with van der Waals surface area (Å²) in [6, 6.07) is 6.69. The maximum Gasteiger partial charge on any atom is 0.311 e. The second kappa shape index (κ2) is 8.18. The van der Waals surface area contributed by atoms with Gasteiger partial charge in [0.1, 0.15) is 6.10 Å². The van der Waals surface area contributed by atoms with Crippen LogP contribution in [0, 0.1) is 37.0 Å². The van der Waals surface area contributed by atoms with E-state index in [1.807, 2.05) is 0 Å². The van der Waals surface area contributed by atoms with Crippen LogP contribution in [-0.4, -0.2) is 60.9 Å². The molecule has 2 aliphatic carbocycles. The Bertz CT molecular complexity index is 919. The molecule has 5 nitrogen and oxygen atoms in total. The van der Waals surface area contributed by atoms with Crippen molar-refractivity contribution in [1.82, 2.24) is 4.90 Å². The van der Waals surface area contributed by atoms with Gasteiger partial charge < -0.3 is 14.7 Å². The largest absolute Gasteiger partial charge is 0.461 e. The number of fused-ring (bicyclic) bond motifs is 2. The molecule has 5 rings (SSSR count). The first-order valence-corrected chi connectivity index (χ1v) is 12.4. The van der Waals surface area contributed by atoms with Gasteiger partial charge in [0.15, 0.2) is 0 Å². The SMILES string of the molecule is Cc1ccc(N2CCN(C[C@@H]3C(=O)O[C@@H]4CC5=CCC[C@H](C)[C@@]5(C)[C@@H](O)[C@H]34)CC2)cc1C. The highest BCUT2D eigenvalue weighted by molar-refractivity contribution is 5.76. The first kappa shape index (κ1) is 22.0. The van der Waals surface area contributed by atoms with Crippen molar-refractivity contribution >= 4 is 11.7 Å². The van der Waals surface area contributed by atoms with Crippen molar-refractivity contribution in [1.29, 1.82) is 0 Å². The van der Waals surface area contributed by atoms with Crippen LogP contribution in [0.3, 0.4) is 0 Å². The second-order valence-corrected chi connectivity index (χ2v) is 10.9. The first-order valence-electron chi connectivity index (χ1n) is 12.4. The molecule has 2 saturated heterocycles. The monoisotopic (exact) mass is 438 g/mol. The summed E-state index contributed by atoms with van der Waals surface area (Å²) in [5.41, 5.74) is 5.02. The predicted octanol–water partition coefficient (Wildman–Crippen LogP) is 3.71. The third-order valence-corrected chi connectivity index (χ3v) is 9.25. The number of benzene rings is 1. The molecule has 0 radical (unpaired) electrons. The number of esters is 1. The Morgan fingerprint density at radius 2 is 1.91 bits per heavy atom. The van der Waals surface area contributed by atoms with Crippen molar-refractivity contribution in [2.75, 3.05) is 37.6 Å². The smallest absolute Gasteiger partial charge is 0.311 e. The zero-order valence-corrected chi connectivity index (χ0v) is 20.0. The molecule has 1 aromatic rings. The second-order valence-electron chi connectivity index (χ2n) is 10.9. The average molecular weight is 439 g/mol. The van der Waals surface area contributed by atoms with Gasteiger partial charge in [-0.1, -0.05) is 31.6 Å². The molecule has 2 aliphatic heterocycles. The lowest BCUT2D eigenvalue weighted by Crippen LogP contribution is -2.55. The summed E-state index contributed by atoms with van der Waals surface area (Å²) in [7, 11) is 0. The fraction of sp³-hybridized carbons (Fsp3) is 0.667. The number of allylic oxidation sites excluding steroid dienone is 1. The first-order chi connectivity index (χ1) is 15.3. The Balaban J connectivity index is 1.27. The van der Waals surface area contributed by atoms with E-state index in [1.54, 1.807) is 0 Å². The van der Waals surface area contributed by atoms with Gasteiger partial charge in [0.2, 0.25) is 0 Å². The number of rotatable bonds is 3. The number of hydrogen-bond donors (Lipinski definition) is 1. The van der Waals surface area contributed by atoms with E-state index < -0.39 is 6.10 Å². The van der Waals surface area contributed by atoms with Crippen molar-refractivity contribution in [2.45, 2.75) is 59.2 Å². The van der Waals surface area contributed by atoms with E-state index in [0.29, 0.717) is 12.5 Å². The maximum atomic E-state index is 12.9. The van der Waals surface area contributed by atoms with Crippen molar-refractivity contribution < 1.29 is 14.6 Å². The third kappa shape index (κ3) is 3.49. The minimum absolute atomic E-state index is 0.0945. The predicted molar refractivity (Wildman–Crippen MR) is 127 cm³/mol. The lowest BCUT2D eigenvalue weighted by atomic mass is 9.55. The van der Waals surface area contributed by atoms with Crippen LogP contribution in [0.1, 0.15) is 44.2 Å². The summed E-state index contributed by atoms with van der Waals surface area (Å²) >= 11 is 0. The van der Waals surface area contributed by atoms with Crippen molar-refractivity contribution in [3.63, 3.8) is 0 Å². The zero-order valence-electron chi connectivity index (χ0n) is 20.0. The number of hydrogen-bond acceptors (Lipinski definition) is 5. The number of carbonyl (C=O) groups excluding carboxylic acids is 1. The van der Waals surface area contributed by atoms with Crippen LogP contribution in [0.5, 0.6) is 0 Å². The number of aliphatic hydroxyl groups excluding tert-OH is 1. The number of piperazine rings is 1. The van der Waals surface area contributed by atoms with E-state index in [-0.39, 0.29) is 29.3 Å². The van der Waals surface area contributed by atoms with E-state index in [9.17, 15) is 9.90 Å². The van der Waals surface area contributed by atoms with Gasteiger partial charge in [-0.2, -0.15) is 0 Å². The summed E-state index contributed by atoms with van der Waals surface area (Å²) in [5, 5.41) is 11.6. The Morgan fingerprint density at radius 1 is 1.16 bits per heavy atom. The molecule has 6 atom stereocenters. The van der Waals surface area contributed by atoms with Crippen LogP contribution >= 0.6 is 0 Å². The van der Waals surface area contributed by atoms with Crippen LogP contribution in [0.25, 0.3) is 0 Å². The number of ether oxygens (including phenoxy) is 1. The molecule has 1 aromatic carbocycles. The molecule has 1 saturated carbocycles. The minimum atomic E-state index is -0.518. The molecule has 0 aromatic heterocycles. The van der Waals surface area contributed by atoms with Gasteiger partial charge in [-0.15, -0.1) is 0 Å². The highest BCUT2D eigenvalue weighted by atomic mass is 16.6. The summed E-state index contributed by atoms with van der Waals surface area (Å²) < 4.78 is 5.86. The van der Waals surface area contributed by atoms with Gasteiger partial charge in [-0.3, -0.25) is 9.69 Å². The van der Waals surface area contributed by atoms with Gasteiger partial charge in [-0.05, 0) is 55.9 Å². The van der Waals surface area contributed by atoms with E-state index in [0.717, 1.165) is 45.4 Å².